The van der Waals surface area contributed by atoms with Crippen molar-refractivity contribution in [2.75, 3.05) is 19.8 Å². The maximum absolute atomic E-state index is 12.7. The lowest BCUT2D eigenvalue weighted by Crippen LogP contribution is -2.64. The lowest BCUT2D eigenvalue weighted by atomic mass is 9.85. The topological polar surface area (TPSA) is 192 Å². The molecule has 0 bridgehead atoms. The Morgan fingerprint density at radius 3 is 1.62 bits per heavy atom. The van der Waals surface area contributed by atoms with Gasteiger partial charge in [0.05, 0.1) is 13.2 Å². The molecule has 6 unspecified atom stereocenters. The second kappa shape index (κ2) is 31.5. The summed E-state index contributed by atoms with van der Waals surface area (Å²) in [5, 5.41) is 50.0. The molecule has 1 aliphatic rings. The molecule has 0 heterocycles. The van der Waals surface area contributed by atoms with Crippen LogP contribution in [0.4, 0.5) is 0 Å². The van der Waals surface area contributed by atoms with Crippen LogP contribution in [0.5, 0.6) is 0 Å². The molecule has 1 fully saturated rings. The number of allylic oxidation sites excluding steroid dienone is 8. The number of unbranched alkanes of at least 4 members (excludes halogenated alkanes) is 12. The van der Waals surface area contributed by atoms with E-state index in [2.05, 4.69) is 62.5 Å². The van der Waals surface area contributed by atoms with Crippen LogP contribution in [0.25, 0.3) is 0 Å². The van der Waals surface area contributed by atoms with E-state index >= 15 is 0 Å². The van der Waals surface area contributed by atoms with E-state index in [0.29, 0.717) is 19.4 Å². The first kappa shape index (κ1) is 49.3. The number of rotatable bonds is 32. The number of carbonyl (C=O) groups is 1. The van der Waals surface area contributed by atoms with Gasteiger partial charge in [0.15, 0.2) is 0 Å². The first-order valence-electron chi connectivity index (χ1n) is 20.0. The second-order valence-corrected chi connectivity index (χ2v) is 15.2. The molecule has 13 heteroatoms. The monoisotopic (exact) mass is 774 g/mol. The summed E-state index contributed by atoms with van der Waals surface area (Å²) >= 11 is 0. The Morgan fingerprint density at radius 1 is 0.623 bits per heavy atom. The highest BCUT2D eigenvalue weighted by Crippen LogP contribution is 2.47. The first-order valence-corrected chi connectivity index (χ1v) is 21.5. The zero-order valence-electron chi connectivity index (χ0n) is 32.3. The molecular weight excluding hydrogens is 703 g/mol. The third kappa shape index (κ3) is 24.4. The lowest BCUT2D eigenvalue weighted by molar-refractivity contribution is -0.220. The van der Waals surface area contributed by atoms with E-state index in [1.807, 2.05) is 0 Å². The number of esters is 1. The predicted molar refractivity (Wildman–Crippen MR) is 207 cm³/mol. The Hall–Kier alpha value is -1.70. The number of hydrogen-bond donors (Lipinski definition) is 6. The van der Waals surface area contributed by atoms with Crippen molar-refractivity contribution in [3.8, 4) is 0 Å². The van der Waals surface area contributed by atoms with E-state index in [4.69, 9.17) is 18.5 Å². The number of phosphoric acid groups is 1. The molecule has 0 radical (unpaired) electrons. The molecule has 308 valence electrons. The fraction of sp³-hybridized carbons (Fsp3) is 0.775. The van der Waals surface area contributed by atoms with E-state index in [9.17, 15) is 39.8 Å². The van der Waals surface area contributed by atoms with E-state index in [0.717, 1.165) is 51.4 Å². The Labute approximate surface area is 318 Å². The largest absolute Gasteiger partial charge is 0.472 e. The summed E-state index contributed by atoms with van der Waals surface area (Å²) in [7, 11) is -5.02. The van der Waals surface area contributed by atoms with Crippen molar-refractivity contribution in [3.63, 3.8) is 0 Å². The molecule has 0 spiro atoms. The van der Waals surface area contributed by atoms with Crippen LogP contribution < -0.4 is 0 Å². The van der Waals surface area contributed by atoms with Gasteiger partial charge in [-0.1, -0.05) is 133 Å². The summed E-state index contributed by atoms with van der Waals surface area (Å²) in [6.45, 7) is 3.97. The van der Waals surface area contributed by atoms with Crippen LogP contribution in [0.2, 0.25) is 0 Å². The van der Waals surface area contributed by atoms with Gasteiger partial charge in [-0.2, -0.15) is 0 Å². The standard InChI is InChI=1S/C40H71O12P/c1-3-5-7-9-11-13-15-17-18-20-22-24-26-28-30-49-31-33(51-34(41)29-27-25-23-21-19-16-14-12-10-8-6-4-2)32-50-53(47,48)52-40-38(45)36(43)35(42)37(44)39(40)46/h5,7,11,13,17-18,22,24,33,35-40,42-46H,3-4,6,8-10,12,14-16,19-21,23,25-32H2,1-2H3,(H,47,48)/b7-5-,13-11-,18-17-,24-22-. The summed E-state index contributed by atoms with van der Waals surface area (Å²) < 4.78 is 33.9. The fourth-order valence-corrected chi connectivity index (χ4v) is 6.74. The van der Waals surface area contributed by atoms with Gasteiger partial charge in [-0.15, -0.1) is 0 Å². The minimum Gasteiger partial charge on any atom is -0.457 e. The average Bonchev–Trinajstić information content (AvgIpc) is 3.14. The summed E-state index contributed by atoms with van der Waals surface area (Å²) in [6.07, 6.45) is 23.5. The van der Waals surface area contributed by atoms with Crippen LogP contribution in [-0.4, -0.2) is 98.9 Å². The zero-order valence-corrected chi connectivity index (χ0v) is 33.2. The molecule has 12 nitrogen and oxygen atoms in total. The molecule has 53 heavy (non-hydrogen) atoms. The van der Waals surface area contributed by atoms with Crippen molar-refractivity contribution in [3.05, 3.63) is 48.6 Å². The van der Waals surface area contributed by atoms with Crippen LogP contribution in [-0.2, 0) is 27.9 Å². The molecule has 6 atom stereocenters. The Bertz CT molecular complexity index is 1060. The first-order chi connectivity index (χ1) is 25.5. The normalized spacial score (nSPS) is 24.2. The molecule has 0 aromatic heterocycles. The van der Waals surface area contributed by atoms with Crippen LogP contribution in [0.3, 0.4) is 0 Å². The van der Waals surface area contributed by atoms with Crippen LogP contribution in [0.15, 0.2) is 48.6 Å². The number of aliphatic hydroxyl groups excluding tert-OH is 5. The molecule has 1 aliphatic carbocycles. The second-order valence-electron chi connectivity index (χ2n) is 13.8. The smallest absolute Gasteiger partial charge is 0.457 e. The van der Waals surface area contributed by atoms with Crippen molar-refractivity contribution >= 4 is 13.8 Å². The van der Waals surface area contributed by atoms with Crippen molar-refractivity contribution in [2.45, 2.75) is 179 Å². The van der Waals surface area contributed by atoms with Crippen LogP contribution in [0, 0.1) is 0 Å². The Kier molecular flexibility index (Phi) is 29.3. The number of hydrogen-bond acceptors (Lipinski definition) is 11. The van der Waals surface area contributed by atoms with Gasteiger partial charge in [0.25, 0.3) is 0 Å². The molecule has 6 N–H and O–H groups in total. The van der Waals surface area contributed by atoms with Crippen molar-refractivity contribution in [1.82, 2.24) is 0 Å². The zero-order chi connectivity index (χ0) is 39.2. The maximum atomic E-state index is 12.7. The van der Waals surface area contributed by atoms with E-state index in [1.54, 1.807) is 0 Å². The van der Waals surface area contributed by atoms with Crippen LogP contribution >= 0.6 is 7.82 Å². The highest BCUT2D eigenvalue weighted by atomic mass is 31.2. The quantitative estimate of drug-likeness (QED) is 0.0179. The molecule has 1 rings (SSSR count). The SMILES string of the molecule is CC/C=C\C/C=C\C/C=C\C/C=C\CCCOCC(COP(=O)(O)OC1C(O)C(O)C(O)C(O)C1O)OC(=O)CCCCCCCCCCCCCC. The van der Waals surface area contributed by atoms with Gasteiger partial charge in [-0.25, -0.2) is 4.57 Å². The minimum atomic E-state index is -5.02. The predicted octanol–water partition coefficient (Wildman–Crippen LogP) is 6.91. The van der Waals surface area contributed by atoms with Gasteiger partial charge < -0.3 is 39.9 Å². The Morgan fingerprint density at radius 2 is 1.09 bits per heavy atom. The molecular formula is C40H71O12P. The van der Waals surface area contributed by atoms with Gasteiger partial charge in [0.1, 0.15) is 42.7 Å². The molecule has 0 aliphatic heterocycles. The summed E-state index contributed by atoms with van der Waals surface area (Å²) in [5.41, 5.74) is 0. The van der Waals surface area contributed by atoms with Gasteiger partial charge in [0, 0.05) is 13.0 Å². The van der Waals surface area contributed by atoms with Gasteiger partial charge in [0.2, 0.25) is 0 Å². The third-order valence-electron chi connectivity index (χ3n) is 8.97. The van der Waals surface area contributed by atoms with Crippen molar-refractivity contribution in [2.24, 2.45) is 0 Å². The number of aliphatic hydroxyl groups is 5. The Balaban J connectivity index is 2.51. The highest BCUT2D eigenvalue weighted by molar-refractivity contribution is 7.47. The summed E-state index contributed by atoms with van der Waals surface area (Å²) in [4.78, 5) is 23.0. The van der Waals surface area contributed by atoms with E-state index < -0.39 is 63.1 Å². The molecule has 0 aromatic carbocycles. The molecule has 0 amide bonds. The number of phosphoric ester groups is 1. The summed E-state index contributed by atoms with van der Waals surface area (Å²) in [5.74, 6) is -0.499. The van der Waals surface area contributed by atoms with Gasteiger partial charge in [-0.3, -0.25) is 13.8 Å². The summed E-state index contributed by atoms with van der Waals surface area (Å²) in [6, 6.07) is 0. The van der Waals surface area contributed by atoms with E-state index in [1.165, 1.54) is 51.4 Å². The lowest BCUT2D eigenvalue weighted by Gasteiger charge is -2.41. The maximum Gasteiger partial charge on any atom is 0.472 e. The van der Waals surface area contributed by atoms with Gasteiger partial charge >= 0.3 is 13.8 Å². The highest BCUT2D eigenvalue weighted by Gasteiger charge is 2.51. The number of carbonyl (C=O) groups excluding carboxylic acids is 1. The molecule has 0 aromatic rings. The van der Waals surface area contributed by atoms with Gasteiger partial charge in [-0.05, 0) is 44.9 Å². The number of ether oxygens (including phenoxy) is 2. The van der Waals surface area contributed by atoms with Crippen molar-refractivity contribution in [1.29, 1.82) is 0 Å². The minimum absolute atomic E-state index is 0.114. The molecule has 0 saturated heterocycles. The third-order valence-corrected chi connectivity index (χ3v) is 9.95. The average molecular weight is 775 g/mol. The fourth-order valence-electron chi connectivity index (χ4n) is 5.77. The van der Waals surface area contributed by atoms with Crippen LogP contribution in [0.1, 0.15) is 136 Å². The molecule has 1 saturated carbocycles. The van der Waals surface area contributed by atoms with Crippen molar-refractivity contribution < 1.29 is 58.3 Å². The van der Waals surface area contributed by atoms with E-state index in [-0.39, 0.29) is 13.0 Å².